The maximum Gasteiger partial charge on any atom is 0.325 e. The summed E-state index contributed by atoms with van der Waals surface area (Å²) in [6, 6.07) is 9.01. The van der Waals surface area contributed by atoms with E-state index in [9.17, 15) is 9.59 Å². The minimum absolute atomic E-state index is 0.163. The zero-order chi connectivity index (χ0) is 19.6. The van der Waals surface area contributed by atoms with Crippen LogP contribution >= 0.6 is 11.3 Å². The Hall–Kier alpha value is -2.54. The molecule has 1 fully saturated rings. The van der Waals surface area contributed by atoms with Gasteiger partial charge in [0.05, 0.1) is 13.2 Å². The Balaban J connectivity index is 1.37. The van der Waals surface area contributed by atoms with Crippen LogP contribution in [-0.4, -0.2) is 36.6 Å². The lowest BCUT2D eigenvalue weighted by Crippen LogP contribution is -2.46. The smallest absolute Gasteiger partial charge is 0.325 e. The van der Waals surface area contributed by atoms with Crippen LogP contribution in [0.25, 0.3) is 0 Å². The fourth-order valence-corrected chi connectivity index (χ4v) is 4.85. The Labute approximate surface area is 168 Å². The Morgan fingerprint density at radius 1 is 1.11 bits per heavy atom. The average molecular weight is 401 g/mol. The van der Waals surface area contributed by atoms with Crippen molar-refractivity contribution in [3.05, 3.63) is 46.2 Å². The number of amides is 3. The molecule has 1 aromatic carbocycles. The summed E-state index contributed by atoms with van der Waals surface area (Å²) in [6.45, 7) is 3.21. The van der Waals surface area contributed by atoms with Gasteiger partial charge in [0.15, 0.2) is 0 Å². The molecule has 0 radical (unpaired) electrons. The summed E-state index contributed by atoms with van der Waals surface area (Å²) < 4.78 is 11.3. The first-order valence-corrected chi connectivity index (χ1v) is 10.6. The van der Waals surface area contributed by atoms with Gasteiger partial charge < -0.3 is 14.8 Å². The van der Waals surface area contributed by atoms with Gasteiger partial charge in [0.1, 0.15) is 23.6 Å². The Kier molecular flexibility index (Phi) is 5.26. The van der Waals surface area contributed by atoms with Crippen molar-refractivity contribution in [3.63, 3.8) is 0 Å². The van der Waals surface area contributed by atoms with Crippen molar-refractivity contribution in [2.24, 2.45) is 0 Å². The fraction of sp³-hybridized carbons (Fsp3) is 0.429. The third kappa shape index (κ3) is 3.35. The minimum atomic E-state index is -0.886. The second-order valence-corrected chi connectivity index (χ2v) is 8.07. The number of hydrogen-bond acceptors (Lipinski definition) is 5. The highest BCUT2D eigenvalue weighted by molar-refractivity contribution is 7.10. The number of thiophene rings is 1. The van der Waals surface area contributed by atoms with Crippen LogP contribution in [0.2, 0.25) is 0 Å². The molecule has 7 heteroatoms. The number of hydrogen-bond donors (Lipinski definition) is 1. The number of nitrogens with one attached hydrogen (secondary N) is 1. The van der Waals surface area contributed by atoms with Crippen LogP contribution in [0.3, 0.4) is 0 Å². The molecule has 1 spiro atoms. The number of carbonyl (C=O) groups excluding carboxylic acids is 2. The van der Waals surface area contributed by atoms with Crippen molar-refractivity contribution >= 4 is 23.3 Å². The summed E-state index contributed by atoms with van der Waals surface area (Å²) in [7, 11) is 0. The van der Waals surface area contributed by atoms with Crippen molar-refractivity contribution in [1.82, 2.24) is 10.2 Å². The predicted molar refractivity (Wildman–Crippen MR) is 107 cm³/mol. The van der Waals surface area contributed by atoms with Gasteiger partial charge >= 0.3 is 6.03 Å². The Morgan fingerprint density at radius 2 is 1.82 bits per heavy atom. The molecule has 1 aliphatic carbocycles. The van der Waals surface area contributed by atoms with Gasteiger partial charge in [-0.15, -0.1) is 11.3 Å². The van der Waals surface area contributed by atoms with Crippen molar-refractivity contribution < 1.29 is 19.1 Å². The van der Waals surface area contributed by atoms with Crippen LogP contribution in [0, 0.1) is 0 Å². The van der Waals surface area contributed by atoms with Gasteiger partial charge in [0.25, 0.3) is 5.91 Å². The summed E-state index contributed by atoms with van der Waals surface area (Å²) in [4.78, 5) is 28.1. The lowest BCUT2D eigenvalue weighted by molar-refractivity contribution is -0.132. The molecule has 4 rings (SSSR count). The van der Waals surface area contributed by atoms with E-state index in [0.717, 1.165) is 30.6 Å². The van der Waals surface area contributed by atoms with Crippen molar-refractivity contribution in [3.8, 4) is 11.5 Å². The third-order valence-electron chi connectivity index (χ3n) is 5.22. The number of ether oxygens (including phenoxy) is 2. The van der Waals surface area contributed by atoms with Gasteiger partial charge in [-0.25, -0.2) is 4.79 Å². The minimum Gasteiger partial charge on any atom is -0.494 e. The van der Waals surface area contributed by atoms with E-state index in [1.165, 1.54) is 9.78 Å². The van der Waals surface area contributed by atoms with E-state index in [1.807, 2.05) is 35.7 Å². The van der Waals surface area contributed by atoms with E-state index in [1.54, 1.807) is 11.3 Å². The van der Waals surface area contributed by atoms with Gasteiger partial charge in [0, 0.05) is 10.4 Å². The van der Waals surface area contributed by atoms with Crippen molar-refractivity contribution in [2.75, 3.05) is 19.8 Å². The number of rotatable bonds is 7. The van der Waals surface area contributed by atoms with Crippen LogP contribution in [0.4, 0.5) is 4.79 Å². The molecule has 0 saturated carbocycles. The highest BCUT2D eigenvalue weighted by Crippen LogP contribution is 2.42. The van der Waals surface area contributed by atoms with E-state index in [2.05, 4.69) is 12.2 Å². The molecule has 1 N–H and O–H groups in total. The first-order chi connectivity index (χ1) is 13.6. The third-order valence-corrected chi connectivity index (χ3v) is 6.20. The van der Waals surface area contributed by atoms with Crippen LogP contribution in [0.15, 0.2) is 35.7 Å². The van der Waals surface area contributed by atoms with Crippen molar-refractivity contribution in [2.45, 2.75) is 38.1 Å². The van der Waals surface area contributed by atoms with E-state index >= 15 is 0 Å². The lowest BCUT2D eigenvalue weighted by atomic mass is 9.80. The molecule has 1 aromatic heterocycles. The molecule has 0 bridgehead atoms. The molecule has 1 aliphatic heterocycles. The fourth-order valence-electron chi connectivity index (χ4n) is 3.85. The molecule has 3 amide bonds. The summed E-state index contributed by atoms with van der Waals surface area (Å²) in [5.41, 5.74) is 0.0799. The van der Waals surface area contributed by atoms with E-state index in [-0.39, 0.29) is 25.1 Å². The van der Waals surface area contributed by atoms with E-state index < -0.39 is 5.54 Å². The monoisotopic (exact) mass is 400 g/mol. The Bertz CT molecular complexity index is 864. The van der Waals surface area contributed by atoms with E-state index in [4.69, 9.17) is 9.47 Å². The van der Waals surface area contributed by atoms with Gasteiger partial charge in [0.2, 0.25) is 0 Å². The number of nitrogens with zero attached hydrogens (tertiary/aromatic N) is 1. The summed E-state index contributed by atoms with van der Waals surface area (Å²) in [5.74, 6) is 1.32. The normalized spacial score (nSPS) is 21.0. The van der Waals surface area contributed by atoms with Crippen molar-refractivity contribution in [1.29, 1.82) is 0 Å². The number of benzene rings is 1. The van der Waals surface area contributed by atoms with Gasteiger partial charge in [-0.1, -0.05) is 6.92 Å². The van der Waals surface area contributed by atoms with E-state index in [0.29, 0.717) is 18.8 Å². The second kappa shape index (κ2) is 7.83. The van der Waals surface area contributed by atoms with Crippen LogP contribution in [0.1, 0.15) is 36.6 Å². The molecule has 1 saturated heterocycles. The highest BCUT2D eigenvalue weighted by Gasteiger charge is 2.54. The molecule has 0 unspecified atom stereocenters. The van der Waals surface area contributed by atoms with Gasteiger partial charge in [-0.05, 0) is 61.4 Å². The second-order valence-electron chi connectivity index (χ2n) is 7.07. The maximum absolute atomic E-state index is 13.1. The average Bonchev–Trinajstić information content (AvgIpc) is 3.27. The van der Waals surface area contributed by atoms with Crippen LogP contribution in [0.5, 0.6) is 11.5 Å². The number of carbonyl (C=O) groups is 2. The quantitative estimate of drug-likeness (QED) is 0.720. The first-order valence-electron chi connectivity index (χ1n) is 9.70. The molecular weight excluding hydrogens is 376 g/mol. The molecule has 1 atom stereocenters. The van der Waals surface area contributed by atoms with Crippen LogP contribution < -0.4 is 14.8 Å². The molecular formula is C21H24N2O4S. The maximum atomic E-state index is 13.1. The molecule has 2 aromatic rings. The van der Waals surface area contributed by atoms with Gasteiger partial charge in [-0.2, -0.15) is 0 Å². The molecule has 2 heterocycles. The summed E-state index contributed by atoms with van der Waals surface area (Å²) in [6.07, 6.45) is 3.48. The molecule has 2 aliphatic rings. The molecule has 148 valence electrons. The Morgan fingerprint density at radius 3 is 2.54 bits per heavy atom. The summed E-state index contributed by atoms with van der Waals surface area (Å²) >= 11 is 1.65. The first kappa shape index (κ1) is 18.8. The lowest BCUT2D eigenvalue weighted by Gasteiger charge is -2.31. The number of fused-ring (bicyclic) bond motifs is 2. The highest BCUT2D eigenvalue weighted by atomic mass is 32.1. The summed E-state index contributed by atoms with van der Waals surface area (Å²) in [5, 5.41) is 4.96. The van der Waals surface area contributed by atoms with Crippen LogP contribution in [-0.2, 0) is 16.8 Å². The standard InChI is InChI=1S/C21H24N2O4S/c1-2-12-26-15-5-7-16(8-6-15)27-13-11-23-19(24)21(22-20(23)25)10-3-4-18-17(21)9-14-28-18/h5-9,14H,2-4,10-13H2,1H3,(H,22,25)/t21-/m0/s1. The SMILES string of the molecule is CCCOc1ccc(OCCN2C(=O)N[C@]3(CCCc4sccc43)C2=O)cc1. The zero-order valence-electron chi connectivity index (χ0n) is 15.9. The molecule has 28 heavy (non-hydrogen) atoms. The number of aryl methyl sites for hydroxylation is 1. The molecule has 6 nitrogen and oxygen atoms in total. The van der Waals surface area contributed by atoms with Gasteiger partial charge in [-0.3, -0.25) is 9.69 Å². The number of urea groups is 1. The zero-order valence-corrected chi connectivity index (χ0v) is 16.7. The largest absolute Gasteiger partial charge is 0.494 e. The number of imide groups is 1. The topological polar surface area (TPSA) is 67.9 Å². The predicted octanol–water partition coefficient (Wildman–Crippen LogP) is 3.70.